The fraction of sp³-hybridized carbons (Fsp3) is 0. The van der Waals surface area contributed by atoms with Crippen LogP contribution in [0.5, 0.6) is 0 Å². The third-order valence-corrected chi connectivity index (χ3v) is 1.17. The molecule has 0 bridgehead atoms. The van der Waals surface area contributed by atoms with Crippen molar-refractivity contribution in [2.24, 2.45) is 0 Å². The van der Waals surface area contributed by atoms with E-state index in [1.807, 2.05) is 0 Å². The lowest BCUT2D eigenvalue weighted by Crippen LogP contribution is -1.77. The van der Waals surface area contributed by atoms with Crippen molar-refractivity contribution in [3.05, 3.63) is 34.9 Å². The average molecular weight is 149 g/mol. The van der Waals surface area contributed by atoms with Crippen molar-refractivity contribution in [1.82, 2.24) is 0 Å². The van der Waals surface area contributed by atoms with E-state index < -0.39 is 11.6 Å². The molecule has 0 atom stereocenters. The van der Waals surface area contributed by atoms with E-state index in [1.165, 1.54) is 0 Å². The normalized spacial score (nSPS) is 9.67. The lowest BCUT2D eigenvalue weighted by Gasteiger charge is -1.90. The van der Waals surface area contributed by atoms with Gasteiger partial charge in [0.05, 0.1) is 5.02 Å². The molecular formula is C6H3ClF2. The average Bonchev–Trinajstić information content (AvgIpc) is 1.80. The molecule has 3 heteroatoms. The first-order valence-electron chi connectivity index (χ1n) is 2.30. The van der Waals surface area contributed by atoms with Crippen molar-refractivity contribution in [3.63, 3.8) is 0 Å². The molecule has 48 valence electrons. The molecule has 0 aliphatic rings. The second-order valence-electron chi connectivity index (χ2n) is 1.56. The highest BCUT2D eigenvalue weighted by Crippen LogP contribution is 2.14. The summed E-state index contributed by atoms with van der Waals surface area (Å²) >= 11 is 5.20. The first-order chi connectivity index (χ1) is 4.20. The summed E-state index contributed by atoms with van der Waals surface area (Å²) in [6.07, 6.45) is 0. The lowest BCUT2D eigenvalue weighted by atomic mass is 10.3. The topological polar surface area (TPSA) is 0 Å². The molecule has 0 unspecified atom stereocenters. The number of hydrogen-bond donors (Lipinski definition) is 0. The van der Waals surface area contributed by atoms with Crippen LogP contribution in [0.3, 0.4) is 0 Å². The SMILES string of the molecule is Fc1ccc(F)c(Cl)c1. The first kappa shape index (κ1) is 6.49. The molecule has 9 heavy (non-hydrogen) atoms. The highest BCUT2D eigenvalue weighted by molar-refractivity contribution is 6.30. The highest BCUT2D eigenvalue weighted by Gasteiger charge is 1.97. The maximum Gasteiger partial charge on any atom is 0.141 e. The first-order valence-corrected chi connectivity index (χ1v) is 2.68. The lowest BCUT2D eigenvalue weighted by molar-refractivity contribution is 0.600. The Kier molecular flexibility index (Phi) is 1.67. The molecule has 0 aromatic heterocycles. The van der Waals surface area contributed by atoms with Crippen LogP contribution >= 0.6 is 11.6 Å². The molecule has 0 amide bonds. The summed E-state index contributed by atoms with van der Waals surface area (Å²) in [5, 5.41) is -0.185. The summed E-state index contributed by atoms with van der Waals surface area (Å²) in [5.41, 5.74) is 0. The summed E-state index contributed by atoms with van der Waals surface area (Å²) < 4.78 is 24.3. The van der Waals surface area contributed by atoms with E-state index in [2.05, 4.69) is 0 Å². The van der Waals surface area contributed by atoms with Crippen molar-refractivity contribution < 1.29 is 8.78 Å². The second-order valence-corrected chi connectivity index (χ2v) is 1.97. The quantitative estimate of drug-likeness (QED) is 0.496. The molecule has 0 saturated heterocycles. The minimum absolute atomic E-state index is 0.185. The van der Waals surface area contributed by atoms with Crippen LogP contribution < -0.4 is 0 Å². The van der Waals surface area contributed by atoms with Crippen LogP contribution in [0.1, 0.15) is 0 Å². The summed E-state index contributed by atoms with van der Waals surface area (Å²) in [7, 11) is 0. The predicted octanol–water partition coefficient (Wildman–Crippen LogP) is 2.62. The molecule has 0 radical (unpaired) electrons. The van der Waals surface area contributed by atoms with Gasteiger partial charge in [0, 0.05) is 0 Å². The van der Waals surface area contributed by atoms with Crippen molar-refractivity contribution in [2.75, 3.05) is 0 Å². The largest absolute Gasteiger partial charge is 0.207 e. The third-order valence-electron chi connectivity index (χ3n) is 0.882. The van der Waals surface area contributed by atoms with Crippen LogP contribution in [0.4, 0.5) is 8.78 Å². The number of halogens is 3. The summed E-state index contributed by atoms with van der Waals surface area (Å²) in [5.74, 6) is -1.13. The van der Waals surface area contributed by atoms with E-state index >= 15 is 0 Å². The Bertz CT molecular complexity index is 222. The van der Waals surface area contributed by atoms with E-state index in [0.717, 1.165) is 18.2 Å². The van der Waals surface area contributed by atoms with Gasteiger partial charge in [-0.2, -0.15) is 0 Å². The van der Waals surface area contributed by atoms with Gasteiger partial charge in [0.2, 0.25) is 0 Å². The van der Waals surface area contributed by atoms with Crippen molar-refractivity contribution in [2.45, 2.75) is 0 Å². The Labute approximate surface area is 56.1 Å². The van der Waals surface area contributed by atoms with Gasteiger partial charge in [0.25, 0.3) is 0 Å². The Morgan fingerprint density at radius 3 is 2.33 bits per heavy atom. The molecule has 0 heterocycles. The maximum atomic E-state index is 12.2. The van der Waals surface area contributed by atoms with Gasteiger partial charge in [-0.25, -0.2) is 8.78 Å². The molecule has 0 nitrogen and oxygen atoms in total. The van der Waals surface area contributed by atoms with Crippen LogP contribution in [0.25, 0.3) is 0 Å². The number of benzene rings is 1. The van der Waals surface area contributed by atoms with Crippen LogP contribution in [0.2, 0.25) is 5.02 Å². The van der Waals surface area contributed by atoms with Gasteiger partial charge in [-0.15, -0.1) is 0 Å². The minimum Gasteiger partial charge on any atom is -0.207 e. The smallest absolute Gasteiger partial charge is 0.141 e. The summed E-state index contributed by atoms with van der Waals surface area (Å²) in [6, 6.07) is 2.93. The van der Waals surface area contributed by atoms with Crippen molar-refractivity contribution in [1.29, 1.82) is 0 Å². The fourth-order valence-electron chi connectivity index (χ4n) is 0.470. The zero-order valence-electron chi connectivity index (χ0n) is 4.37. The maximum absolute atomic E-state index is 12.2. The van der Waals surface area contributed by atoms with Crippen molar-refractivity contribution in [3.8, 4) is 0 Å². The van der Waals surface area contributed by atoms with E-state index in [9.17, 15) is 8.78 Å². The highest BCUT2D eigenvalue weighted by atomic mass is 35.5. The Balaban J connectivity index is 3.17. The van der Waals surface area contributed by atoms with Crippen molar-refractivity contribution >= 4 is 11.6 Å². The predicted molar refractivity (Wildman–Crippen MR) is 31.4 cm³/mol. The third kappa shape index (κ3) is 1.39. The molecule has 0 N–H and O–H groups in total. The van der Waals surface area contributed by atoms with Gasteiger partial charge in [-0.3, -0.25) is 0 Å². The van der Waals surface area contributed by atoms with Gasteiger partial charge in [0.1, 0.15) is 11.6 Å². The zero-order chi connectivity index (χ0) is 6.85. The second kappa shape index (κ2) is 2.31. The van der Waals surface area contributed by atoms with Crippen LogP contribution in [-0.4, -0.2) is 0 Å². The van der Waals surface area contributed by atoms with E-state index in [-0.39, 0.29) is 5.02 Å². The van der Waals surface area contributed by atoms with E-state index in [4.69, 9.17) is 11.6 Å². The van der Waals surface area contributed by atoms with Crippen LogP contribution in [-0.2, 0) is 0 Å². The summed E-state index contributed by atoms with van der Waals surface area (Å²) in [4.78, 5) is 0. The molecule has 1 rings (SSSR count). The molecular weight excluding hydrogens is 146 g/mol. The molecule has 0 aliphatic carbocycles. The monoisotopic (exact) mass is 148 g/mol. The molecule has 0 saturated carbocycles. The van der Waals surface area contributed by atoms with Crippen LogP contribution in [0.15, 0.2) is 18.2 Å². The molecule has 1 aromatic rings. The van der Waals surface area contributed by atoms with E-state index in [1.54, 1.807) is 0 Å². The van der Waals surface area contributed by atoms with E-state index in [0.29, 0.717) is 0 Å². The minimum atomic E-state index is -0.599. The van der Waals surface area contributed by atoms with Gasteiger partial charge in [-0.1, -0.05) is 11.6 Å². The van der Waals surface area contributed by atoms with Gasteiger partial charge >= 0.3 is 0 Å². The fourth-order valence-corrected chi connectivity index (χ4v) is 0.638. The van der Waals surface area contributed by atoms with Gasteiger partial charge in [-0.05, 0) is 18.2 Å². The van der Waals surface area contributed by atoms with Crippen LogP contribution in [0, 0.1) is 11.6 Å². The number of rotatable bonds is 0. The van der Waals surface area contributed by atoms with Gasteiger partial charge < -0.3 is 0 Å². The number of hydrogen-bond acceptors (Lipinski definition) is 0. The Morgan fingerprint density at radius 2 is 1.89 bits per heavy atom. The Morgan fingerprint density at radius 1 is 1.22 bits per heavy atom. The molecule has 1 aromatic carbocycles. The molecule has 0 aliphatic heterocycles. The molecule has 0 fully saturated rings. The summed E-state index contributed by atoms with van der Waals surface area (Å²) in [6.45, 7) is 0. The molecule has 0 spiro atoms. The Hall–Kier alpha value is -0.630. The van der Waals surface area contributed by atoms with Gasteiger partial charge in [0.15, 0.2) is 0 Å². The standard InChI is InChI=1S/C6H3ClF2/c7-5-3-4(8)1-2-6(5)9/h1-3H. The zero-order valence-corrected chi connectivity index (χ0v) is 5.12.